The van der Waals surface area contributed by atoms with Crippen molar-refractivity contribution in [3.63, 3.8) is 0 Å². The predicted octanol–water partition coefficient (Wildman–Crippen LogP) is 2.62. The maximum absolute atomic E-state index is 11.7. The molecule has 106 valence electrons. The lowest BCUT2D eigenvalue weighted by atomic mass is 9.95. The van der Waals surface area contributed by atoms with E-state index in [9.17, 15) is 4.79 Å². The topological polar surface area (TPSA) is 61.3 Å². The smallest absolute Gasteiger partial charge is 0.341 e. The Balaban J connectivity index is 3.15. The third-order valence-electron chi connectivity index (χ3n) is 3.42. The van der Waals surface area contributed by atoms with Crippen LogP contribution in [0.15, 0.2) is 6.20 Å². The van der Waals surface area contributed by atoms with E-state index in [1.807, 2.05) is 13.8 Å². The van der Waals surface area contributed by atoms with Crippen molar-refractivity contribution in [3.8, 4) is 0 Å². The molecule has 5 heteroatoms. The first-order valence-corrected chi connectivity index (χ1v) is 6.61. The number of carbonyl (C=O) groups is 1. The first-order valence-electron chi connectivity index (χ1n) is 6.61. The van der Waals surface area contributed by atoms with E-state index in [-0.39, 0.29) is 5.97 Å². The number of rotatable bonds is 6. The van der Waals surface area contributed by atoms with Gasteiger partial charge in [0, 0.05) is 13.3 Å². The van der Waals surface area contributed by atoms with E-state index >= 15 is 0 Å². The minimum Gasteiger partial charge on any atom is -0.462 e. The molecule has 0 aliphatic carbocycles. The maximum atomic E-state index is 11.7. The summed E-state index contributed by atoms with van der Waals surface area (Å²) in [6, 6.07) is 0. The monoisotopic (exact) mass is 266 g/mol. The molecule has 0 fully saturated rings. The highest BCUT2D eigenvalue weighted by Crippen LogP contribution is 2.29. The minimum absolute atomic E-state index is 0.339. The molecule has 1 aromatic heterocycles. The number of hydrogen-bond acceptors (Lipinski definition) is 5. The molecule has 0 amide bonds. The quantitative estimate of drug-likeness (QED) is 0.741. The van der Waals surface area contributed by atoms with Crippen LogP contribution in [0.5, 0.6) is 0 Å². The van der Waals surface area contributed by atoms with Crippen LogP contribution < -0.4 is 0 Å². The van der Waals surface area contributed by atoms with E-state index in [0.717, 1.165) is 12.8 Å². The van der Waals surface area contributed by atoms with Crippen molar-refractivity contribution >= 4 is 5.97 Å². The van der Waals surface area contributed by atoms with Gasteiger partial charge in [-0.3, -0.25) is 0 Å². The number of nitrogens with zero attached hydrogens (tertiary/aromatic N) is 2. The normalized spacial score (nSPS) is 11.4. The van der Waals surface area contributed by atoms with Gasteiger partial charge in [0.2, 0.25) is 0 Å². The average Bonchev–Trinajstić information content (AvgIpc) is 2.41. The van der Waals surface area contributed by atoms with Crippen molar-refractivity contribution in [1.29, 1.82) is 0 Å². The zero-order chi connectivity index (χ0) is 14.5. The molecule has 0 bridgehead atoms. The van der Waals surface area contributed by atoms with E-state index in [4.69, 9.17) is 9.47 Å². The van der Waals surface area contributed by atoms with Crippen molar-refractivity contribution in [2.45, 2.75) is 46.1 Å². The van der Waals surface area contributed by atoms with Gasteiger partial charge in [-0.1, -0.05) is 13.8 Å². The lowest BCUT2D eigenvalue weighted by Gasteiger charge is -2.28. The molecule has 0 aliphatic heterocycles. The fraction of sp³-hybridized carbons (Fsp3) is 0.643. The second kappa shape index (κ2) is 6.61. The van der Waals surface area contributed by atoms with E-state index < -0.39 is 5.60 Å². The van der Waals surface area contributed by atoms with Crippen LogP contribution in [-0.2, 0) is 15.1 Å². The third kappa shape index (κ3) is 3.10. The highest BCUT2D eigenvalue weighted by molar-refractivity contribution is 5.90. The molecular weight excluding hydrogens is 244 g/mol. The van der Waals surface area contributed by atoms with Gasteiger partial charge in [-0.05, 0) is 26.7 Å². The fourth-order valence-electron chi connectivity index (χ4n) is 2.04. The zero-order valence-corrected chi connectivity index (χ0v) is 12.3. The number of aryl methyl sites for hydroxylation is 1. The Morgan fingerprint density at radius 1 is 1.32 bits per heavy atom. The van der Waals surface area contributed by atoms with E-state index in [1.54, 1.807) is 21.0 Å². The van der Waals surface area contributed by atoms with Crippen LogP contribution in [0.3, 0.4) is 0 Å². The van der Waals surface area contributed by atoms with Crippen molar-refractivity contribution in [2.75, 3.05) is 13.7 Å². The first kappa shape index (κ1) is 15.6. The van der Waals surface area contributed by atoms with Crippen molar-refractivity contribution in [1.82, 2.24) is 9.97 Å². The molecule has 5 nitrogen and oxygen atoms in total. The molecule has 19 heavy (non-hydrogen) atoms. The molecule has 0 unspecified atom stereocenters. The van der Waals surface area contributed by atoms with Gasteiger partial charge in [0.1, 0.15) is 5.60 Å². The maximum Gasteiger partial charge on any atom is 0.341 e. The van der Waals surface area contributed by atoms with Crippen LogP contribution in [0.25, 0.3) is 0 Å². The van der Waals surface area contributed by atoms with Crippen LogP contribution in [0.4, 0.5) is 0 Å². The van der Waals surface area contributed by atoms with Gasteiger partial charge >= 0.3 is 5.97 Å². The number of carbonyl (C=O) groups excluding carboxylic acids is 1. The lowest BCUT2D eigenvalue weighted by molar-refractivity contribution is -0.0293. The molecule has 0 spiro atoms. The van der Waals surface area contributed by atoms with Crippen LogP contribution in [0, 0.1) is 6.92 Å². The van der Waals surface area contributed by atoms with Crippen LogP contribution in [0.1, 0.15) is 55.5 Å². The Kier molecular flexibility index (Phi) is 5.42. The molecule has 1 heterocycles. The van der Waals surface area contributed by atoms with Crippen molar-refractivity contribution in [2.24, 2.45) is 0 Å². The minimum atomic E-state index is -0.488. The highest BCUT2D eigenvalue weighted by atomic mass is 16.5. The summed E-state index contributed by atoms with van der Waals surface area (Å²) in [5.74, 6) is 0.230. The predicted molar refractivity (Wildman–Crippen MR) is 72.0 cm³/mol. The molecule has 0 aromatic carbocycles. The first-order chi connectivity index (χ1) is 9.04. The lowest BCUT2D eigenvalue weighted by Crippen LogP contribution is -2.30. The van der Waals surface area contributed by atoms with Gasteiger partial charge in [-0.2, -0.15) is 0 Å². The van der Waals surface area contributed by atoms with Gasteiger partial charge in [0.25, 0.3) is 0 Å². The largest absolute Gasteiger partial charge is 0.462 e. The summed E-state index contributed by atoms with van der Waals surface area (Å²) in [6.07, 6.45) is 3.07. The molecule has 0 N–H and O–H groups in total. The van der Waals surface area contributed by atoms with Gasteiger partial charge in [-0.25, -0.2) is 14.8 Å². The number of hydrogen-bond donors (Lipinski definition) is 0. The zero-order valence-electron chi connectivity index (χ0n) is 12.3. The summed E-state index contributed by atoms with van der Waals surface area (Å²) in [7, 11) is 1.66. The van der Waals surface area contributed by atoms with E-state index in [0.29, 0.717) is 23.7 Å². The second-order valence-electron chi connectivity index (χ2n) is 4.32. The molecule has 1 aromatic rings. The van der Waals surface area contributed by atoms with E-state index in [2.05, 4.69) is 9.97 Å². The fourth-order valence-corrected chi connectivity index (χ4v) is 2.04. The van der Waals surface area contributed by atoms with Crippen molar-refractivity contribution < 1.29 is 14.3 Å². The van der Waals surface area contributed by atoms with Gasteiger partial charge in [0.05, 0.1) is 17.9 Å². The summed E-state index contributed by atoms with van der Waals surface area (Å²) in [6.45, 7) is 7.96. The molecular formula is C14H22N2O3. The second-order valence-corrected chi connectivity index (χ2v) is 4.32. The van der Waals surface area contributed by atoms with Crippen molar-refractivity contribution in [3.05, 3.63) is 23.3 Å². The van der Waals surface area contributed by atoms with Gasteiger partial charge < -0.3 is 9.47 Å². The van der Waals surface area contributed by atoms with Gasteiger partial charge in [-0.15, -0.1) is 0 Å². The standard InChI is InChI=1S/C14H22N2O3/c1-6-14(7-2,18-5)13-15-9-11(10(4)16-13)12(17)19-8-3/h9H,6-8H2,1-5H3. The Morgan fingerprint density at radius 3 is 2.37 bits per heavy atom. The molecule has 0 saturated carbocycles. The summed E-state index contributed by atoms with van der Waals surface area (Å²) in [5, 5.41) is 0. The molecule has 0 aliphatic rings. The summed E-state index contributed by atoms with van der Waals surface area (Å²) in [4.78, 5) is 20.4. The Bertz CT molecular complexity index is 434. The third-order valence-corrected chi connectivity index (χ3v) is 3.42. The average molecular weight is 266 g/mol. The summed E-state index contributed by atoms with van der Waals surface area (Å²) in [5.41, 5.74) is 0.535. The summed E-state index contributed by atoms with van der Waals surface area (Å²) >= 11 is 0. The molecule has 0 saturated heterocycles. The molecule has 0 atom stereocenters. The van der Waals surface area contributed by atoms with Crippen LogP contribution in [0.2, 0.25) is 0 Å². The number of aromatic nitrogens is 2. The van der Waals surface area contributed by atoms with Crippen LogP contribution in [-0.4, -0.2) is 29.7 Å². The summed E-state index contributed by atoms with van der Waals surface area (Å²) < 4.78 is 10.5. The number of methoxy groups -OCH3 is 1. The number of ether oxygens (including phenoxy) is 2. The Hall–Kier alpha value is -1.49. The highest BCUT2D eigenvalue weighted by Gasteiger charge is 2.32. The number of esters is 1. The molecule has 0 radical (unpaired) electrons. The van der Waals surface area contributed by atoms with Gasteiger partial charge in [0.15, 0.2) is 5.82 Å². The van der Waals surface area contributed by atoms with Crippen LogP contribution >= 0.6 is 0 Å². The van der Waals surface area contributed by atoms with E-state index in [1.165, 1.54) is 6.20 Å². The molecule has 1 rings (SSSR count). The Morgan fingerprint density at radius 2 is 1.95 bits per heavy atom. The Labute approximate surface area is 114 Å². The SMILES string of the molecule is CCOC(=O)c1cnc(C(CC)(CC)OC)nc1C.